The van der Waals surface area contributed by atoms with Crippen molar-refractivity contribution in [3.8, 4) is 17.1 Å². The number of rotatable bonds is 5. The summed E-state index contributed by atoms with van der Waals surface area (Å²) in [5, 5.41) is 1.04. The van der Waals surface area contributed by atoms with Crippen LogP contribution in [0.2, 0.25) is 0 Å². The molecule has 0 bridgehead atoms. The summed E-state index contributed by atoms with van der Waals surface area (Å²) in [6, 6.07) is 15.8. The third-order valence-electron chi connectivity index (χ3n) is 4.80. The Balaban J connectivity index is 1.62. The SMILES string of the molecule is COc1ccccc1-c1cc2cc(CN3CC[C@H]3C(N)=O)ccc2o1. The molecule has 128 valence electrons. The number of nitrogens with zero attached hydrogens (tertiary/aromatic N) is 1. The third-order valence-corrected chi connectivity index (χ3v) is 4.80. The van der Waals surface area contributed by atoms with Gasteiger partial charge in [0.05, 0.1) is 18.7 Å². The molecule has 2 heterocycles. The van der Waals surface area contributed by atoms with Gasteiger partial charge in [-0.2, -0.15) is 0 Å². The number of primary amides is 1. The number of furan rings is 1. The molecule has 1 aromatic heterocycles. The maximum Gasteiger partial charge on any atom is 0.234 e. The Bertz CT molecular complexity index is 932. The van der Waals surface area contributed by atoms with Gasteiger partial charge in [0.15, 0.2) is 0 Å². The zero-order chi connectivity index (χ0) is 17.4. The molecule has 0 unspecified atom stereocenters. The minimum Gasteiger partial charge on any atom is -0.496 e. The van der Waals surface area contributed by atoms with Gasteiger partial charge in [-0.1, -0.05) is 18.2 Å². The lowest BCUT2D eigenvalue weighted by Crippen LogP contribution is -2.54. The van der Waals surface area contributed by atoms with Crippen LogP contribution in [0.5, 0.6) is 5.75 Å². The molecular formula is C20H20N2O3. The van der Waals surface area contributed by atoms with Crippen LogP contribution < -0.4 is 10.5 Å². The molecule has 2 aromatic carbocycles. The van der Waals surface area contributed by atoms with Crippen LogP contribution in [0.4, 0.5) is 0 Å². The number of amides is 1. The highest BCUT2D eigenvalue weighted by molar-refractivity contribution is 5.84. The van der Waals surface area contributed by atoms with Gasteiger partial charge in [-0.15, -0.1) is 0 Å². The van der Waals surface area contributed by atoms with Crippen molar-refractivity contribution >= 4 is 16.9 Å². The second-order valence-electron chi connectivity index (χ2n) is 6.36. The Kier molecular flexibility index (Phi) is 3.93. The first-order valence-electron chi connectivity index (χ1n) is 8.35. The normalized spacial score (nSPS) is 17.4. The number of carbonyl (C=O) groups excluding carboxylic acids is 1. The van der Waals surface area contributed by atoms with Gasteiger partial charge in [0.25, 0.3) is 0 Å². The number of methoxy groups -OCH3 is 1. The molecule has 1 aliphatic heterocycles. The first kappa shape index (κ1) is 15.7. The first-order chi connectivity index (χ1) is 12.2. The van der Waals surface area contributed by atoms with E-state index in [1.165, 1.54) is 0 Å². The zero-order valence-corrected chi connectivity index (χ0v) is 14.1. The van der Waals surface area contributed by atoms with Crippen LogP contribution in [-0.4, -0.2) is 30.5 Å². The third kappa shape index (κ3) is 2.87. The maximum absolute atomic E-state index is 11.4. The van der Waals surface area contributed by atoms with E-state index in [0.29, 0.717) is 0 Å². The Hall–Kier alpha value is -2.79. The molecule has 0 radical (unpaired) electrons. The standard InChI is InChI=1S/C20H20N2O3/c1-24-18-5-3-2-4-15(18)19-11-14-10-13(6-7-17(14)25-19)12-22-9-8-16(22)20(21)23/h2-7,10-11,16H,8-9,12H2,1H3,(H2,21,23)/t16-/m0/s1. The summed E-state index contributed by atoms with van der Waals surface area (Å²) in [4.78, 5) is 13.5. The summed E-state index contributed by atoms with van der Waals surface area (Å²) < 4.78 is 11.4. The topological polar surface area (TPSA) is 68.7 Å². The van der Waals surface area contributed by atoms with Crippen molar-refractivity contribution in [3.05, 3.63) is 54.1 Å². The molecule has 25 heavy (non-hydrogen) atoms. The van der Waals surface area contributed by atoms with Crippen molar-refractivity contribution in [1.82, 2.24) is 4.90 Å². The molecule has 5 heteroatoms. The summed E-state index contributed by atoms with van der Waals surface area (Å²) in [6.45, 7) is 1.63. The number of likely N-dealkylation sites (tertiary alicyclic amines) is 1. The average Bonchev–Trinajstić information content (AvgIpc) is 3.01. The fourth-order valence-electron chi connectivity index (χ4n) is 3.36. The van der Waals surface area contributed by atoms with E-state index < -0.39 is 0 Å². The lowest BCUT2D eigenvalue weighted by molar-refractivity contribution is -0.127. The lowest BCUT2D eigenvalue weighted by Gasteiger charge is -2.38. The van der Waals surface area contributed by atoms with Gasteiger partial charge < -0.3 is 14.9 Å². The Morgan fingerprint density at radius 2 is 2.12 bits per heavy atom. The van der Waals surface area contributed by atoms with Gasteiger partial charge in [0.2, 0.25) is 5.91 Å². The van der Waals surface area contributed by atoms with Crippen molar-refractivity contribution in [3.63, 3.8) is 0 Å². The largest absolute Gasteiger partial charge is 0.496 e. The molecule has 1 atom stereocenters. The first-order valence-corrected chi connectivity index (χ1v) is 8.35. The molecule has 0 saturated carbocycles. The maximum atomic E-state index is 11.4. The van der Waals surface area contributed by atoms with E-state index in [1.807, 2.05) is 42.5 Å². The Morgan fingerprint density at radius 1 is 1.28 bits per heavy atom. The number of ether oxygens (including phenoxy) is 1. The minimum atomic E-state index is -0.242. The van der Waals surface area contributed by atoms with Gasteiger partial charge in [0, 0.05) is 18.5 Å². The number of carbonyl (C=O) groups is 1. The smallest absolute Gasteiger partial charge is 0.234 e. The number of nitrogens with two attached hydrogens (primary N) is 1. The van der Waals surface area contributed by atoms with Crippen LogP contribution in [0.15, 0.2) is 52.9 Å². The fourth-order valence-corrected chi connectivity index (χ4v) is 3.36. The predicted octanol–water partition coefficient (Wildman–Crippen LogP) is 3.17. The van der Waals surface area contributed by atoms with Crippen LogP contribution in [0, 0.1) is 0 Å². The summed E-state index contributed by atoms with van der Waals surface area (Å²) >= 11 is 0. The molecule has 3 aromatic rings. The van der Waals surface area contributed by atoms with Gasteiger partial charge >= 0.3 is 0 Å². The highest BCUT2D eigenvalue weighted by Gasteiger charge is 2.32. The molecule has 1 fully saturated rings. The summed E-state index contributed by atoms with van der Waals surface area (Å²) in [7, 11) is 1.65. The van der Waals surface area contributed by atoms with E-state index in [-0.39, 0.29) is 11.9 Å². The van der Waals surface area contributed by atoms with Gasteiger partial charge in [-0.3, -0.25) is 9.69 Å². The second-order valence-corrected chi connectivity index (χ2v) is 6.36. The van der Waals surface area contributed by atoms with Crippen molar-refractivity contribution < 1.29 is 13.9 Å². The van der Waals surface area contributed by atoms with Gasteiger partial charge in [0.1, 0.15) is 17.1 Å². The number of benzene rings is 2. The predicted molar refractivity (Wildman–Crippen MR) is 96.2 cm³/mol. The van der Waals surface area contributed by atoms with E-state index in [0.717, 1.165) is 53.1 Å². The van der Waals surface area contributed by atoms with E-state index in [1.54, 1.807) is 7.11 Å². The molecule has 0 spiro atoms. The average molecular weight is 336 g/mol. The number of hydrogen-bond acceptors (Lipinski definition) is 4. The second kappa shape index (κ2) is 6.26. The molecule has 1 saturated heterocycles. The molecule has 1 aliphatic rings. The van der Waals surface area contributed by atoms with E-state index in [4.69, 9.17) is 14.9 Å². The quantitative estimate of drug-likeness (QED) is 0.777. The zero-order valence-electron chi connectivity index (χ0n) is 14.1. The number of hydrogen-bond donors (Lipinski definition) is 1. The van der Waals surface area contributed by atoms with Crippen molar-refractivity contribution in [2.75, 3.05) is 13.7 Å². The Labute approximate surface area is 146 Å². The van der Waals surface area contributed by atoms with Crippen LogP contribution in [0.25, 0.3) is 22.3 Å². The highest BCUT2D eigenvalue weighted by Crippen LogP contribution is 2.34. The molecule has 0 aliphatic carbocycles. The summed E-state index contributed by atoms with van der Waals surface area (Å²) in [5.41, 5.74) is 8.33. The molecular weight excluding hydrogens is 316 g/mol. The van der Waals surface area contributed by atoms with Crippen LogP contribution in [0.1, 0.15) is 12.0 Å². The van der Waals surface area contributed by atoms with Gasteiger partial charge in [-0.05, 0) is 42.3 Å². The van der Waals surface area contributed by atoms with Crippen molar-refractivity contribution in [1.29, 1.82) is 0 Å². The molecule has 2 N–H and O–H groups in total. The number of fused-ring (bicyclic) bond motifs is 1. The highest BCUT2D eigenvalue weighted by atomic mass is 16.5. The summed E-state index contributed by atoms with van der Waals surface area (Å²) in [6.07, 6.45) is 0.848. The molecule has 4 rings (SSSR count). The van der Waals surface area contributed by atoms with Crippen LogP contribution >= 0.6 is 0 Å². The van der Waals surface area contributed by atoms with Crippen molar-refractivity contribution in [2.24, 2.45) is 5.73 Å². The number of para-hydroxylation sites is 1. The summed E-state index contributed by atoms with van der Waals surface area (Å²) in [5.74, 6) is 1.32. The van der Waals surface area contributed by atoms with E-state index >= 15 is 0 Å². The van der Waals surface area contributed by atoms with Gasteiger partial charge in [-0.25, -0.2) is 0 Å². The molecule has 1 amide bonds. The van der Waals surface area contributed by atoms with Crippen LogP contribution in [-0.2, 0) is 11.3 Å². The minimum absolute atomic E-state index is 0.135. The van der Waals surface area contributed by atoms with Crippen molar-refractivity contribution in [2.45, 2.75) is 19.0 Å². The molecule has 5 nitrogen and oxygen atoms in total. The lowest BCUT2D eigenvalue weighted by atomic mass is 10.0. The Morgan fingerprint density at radius 3 is 2.84 bits per heavy atom. The fraction of sp³-hybridized carbons (Fsp3) is 0.250. The van der Waals surface area contributed by atoms with E-state index in [9.17, 15) is 4.79 Å². The van der Waals surface area contributed by atoms with E-state index in [2.05, 4.69) is 11.0 Å². The monoisotopic (exact) mass is 336 g/mol. The van der Waals surface area contributed by atoms with Crippen LogP contribution in [0.3, 0.4) is 0 Å².